The second kappa shape index (κ2) is 7.67. The van der Waals surface area contributed by atoms with Crippen molar-refractivity contribution < 1.29 is 9.18 Å². The van der Waals surface area contributed by atoms with Gasteiger partial charge in [-0.1, -0.05) is 18.2 Å². The lowest BCUT2D eigenvalue weighted by Crippen LogP contribution is -2.29. The molecule has 0 radical (unpaired) electrons. The Morgan fingerprint density at radius 1 is 1.25 bits per heavy atom. The first-order valence-corrected chi connectivity index (χ1v) is 7.93. The van der Waals surface area contributed by atoms with Gasteiger partial charge in [-0.2, -0.15) is 0 Å². The zero-order valence-corrected chi connectivity index (χ0v) is 14.5. The fourth-order valence-corrected chi connectivity index (χ4v) is 3.18. The molecule has 1 aliphatic heterocycles. The molecule has 1 atom stereocenters. The third-order valence-corrected chi connectivity index (χ3v) is 4.50. The maximum atomic E-state index is 13.0. The lowest BCUT2D eigenvalue weighted by Gasteiger charge is -2.18. The van der Waals surface area contributed by atoms with Crippen molar-refractivity contribution in [2.45, 2.75) is 19.8 Å². The fourth-order valence-electron chi connectivity index (χ4n) is 3.18. The molecule has 0 spiro atoms. The summed E-state index contributed by atoms with van der Waals surface area (Å²) in [7, 11) is 0. The van der Waals surface area contributed by atoms with Crippen molar-refractivity contribution in [3.63, 3.8) is 0 Å². The number of likely N-dealkylation sites (tertiary alicyclic amines) is 1. The highest BCUT2D eigenvalue weighted by atomic mass is 35.5. The Balaban J connectivity index is 0.00000208. The lowest BCUT2D eigenvalue weighted by atomic mass is 9.99. The van der Waals surface area contributed by atoms with Crippen LogP contribution in [0.1, 0.15) is 27.9 Å². The molecule has 1 saturated heterocycles. The topological polar surface area (TPSA) is 46.3 Å². The van der Waals surface area contributed by atoms with Crippen molar-refractivity contribution in [2.75, 3.05) is 18.8 Å². The highest BCUT2D eigenvalue weighted by Crippen LogP contribution is 2.24. The third-order valence-electron chi connectivity index (χ3n) is 4.50. The van der Waals surface area contributed by atoms with E-state index in [1.54, 1.807) is 6.07 Å². The van der Waals surface area contributed by atoms with Crippen molar-refractivity contribution in [1.82, 2.24) is 4.90 Å². The minimum absolute atomic E-state index is 0. The van der Waals surface area contributed by atoms with E-state index in [0.29, 0.717) is 17.2 Å². The van der Waals surface area contributed by atoms with Crippen molar-refractivity contribution in [1.29, 1.82) is 0 Å². The van der Waals surface area contributed by atoms with Crippen LogP contribution in [-0.4, -0.2) is 23.9 Å². The summed E-state index contributed by atoms with van der Waals surface area (Å²) in [5.74, 6) is 0.260. The third kappa shape index (κ3) is 4.06. The number of aryl methyl sites for hydroxylation is 1. The van der Waals surface area contributed by atoms with Gasteiger partial charge in [-0.15, -0.1) is 12.4 Å². The van der Waals surface area contributed by atoms with Crippen LogP contribution >= 0.6 is 12.4 Å². The Hall–Kier alpha value is -2.07. The minimum Gasteiger partial charge on any atom is -0.399 e. The molecule has 1 unspecified atom stereocenters. The number of nitrogen functional groups attached to an aromatic ring is 1. The summed E-state index contributed by atoms with van der Waals surface area (Å²) in [5.41, 5.74) is 9.17. The second-order valence-electron chi connectivity index (χ2n) is 6.31. The van der Waals surface area contributed by atoms with E-state index in [-0.39, 0.29) is 24.1 Å². The van der Waals surface area contributed by atoms with Crippen molar-refractivity contribution >= 4 is 24.0 Å². The standard InChI is InChI=1S/C19H21FN2O.ClH/c1-13-2-7-17(21)11-18(13)19(23)22-9-8-15(12-22)10-14-3-5-16(20)6-4-14;/h2-7,11,15H,8-10,12,21H2,1H3;1H. The Morgan fingerprint density at radius 3 is 2.67 bits per heavy atom. The molecule has 0 aromatic heterocycles. The molecule has 1 aliphatic rings. The zero-order chi connectivity index (χ0) is 16.4. The molecular formula is C19H22ClFN2O. The van der Waals surface area contributed by atoms with Crippen LogP contribution in [0.25, 0.3) is 0 Å². The van der Waals surface area contributed by atoms with Crippen LogP contribution in [-0.2, 0) is 6.42 Å². The predicted molar refractivity (Wildman–Crippen MR) is 97.0 cm³/mol. The van der Waals surface area contributed by atoms with Gasteiger partial charge in [-0.05, 0) is 61.1 Å². The maximum Gasteiger partial charge on any atom is 0.254 e. The maximum absolute atomic E-state index is 13.0. The summed E-state index contributed by atoms with van der Waals surface area (Å²) in [6, 6.07) is 12.1. The lowest BCUT2D eigenvalue weighted by molar-refractivity contribution is 0.0786. The summed E-state index contributed by atoms with van der Waals surface area (Å²) in [6.45, 7) is 3.43. The van der Waals surface area contributed by atoms with Crippen LogP contribution in [0, 0.1) is 18.7 Å². The van der Waals surface area contributed by atoms with Gasteiger partial charge in [0.05, 0.1) is 0 Å². The molecule has 5 heteroatoms. The monoisotopic (exact) mass is 348 g/mol. The number of halogens is 2. The minimum atomic E-state index is -0.214. The van der Waals surface area contributed by atoms with E-state index < -0.39 is 0 Å². The van der Waals surface area contributed by atoms with Crippen molar-refractivity contribution in [2.24, 2.45) is 5.92 Å². The molecular weight excluding hydrogens is 327 g/mol. The van der Waals surface area contributed by atoms with E-state index in [4.69, 9.17) is 5.73 Å². The van der Waals surface area contributed by atoms with Crippen molar-refractivity contribution in [3.05, 3.63) is 65.0 Å². The Morgan fingerprint density at radius 2 is 1.96 bits per heavy atom. The SMILES string of the molecule is Cc1ccc(N)cc1C(=O)N1CCC(Cc2ccc(F)cc2)C1.Cl. The van der Waals surface area contributed by atoms with Crippen LogP contribution in [0.4, 0.5) is 10.1 Å². The fraction of sp³-hybridized carbons (Fsp3) is 0.316. The number of hydrogen-bond acceptors (Lipinski definition) is 2. The van der Waals surface area contributed by atoms with Crippen LogP contribution in [0.2, 0.25) is 0 Å². The molecule has 3 nitrogen and oxygen atoms in total. The van der Waals surface area contributed by atoms with E-state index in [0.717, 1.165) is 37.1 Å². The van der Waals surface area contributed by atoms with Crippen LogP contribution in [0.5, 0.6) is 0 Å². The second-order valence-corrected chi connectivity index (χ2v) is 6.31. The number of carbonyl (C=O) groups is 1. The first-order chi connectivity index (χ1) is 11.0. The Kier molecular flexibility index (Phi) is 5.84. The molecule has 3 rings (SSSR count). The normalized spacial score (nSPS) is 16.8. The summed E-state index contributed by atoms with van der Waals surface area (Å²) >= 11 is 0. The van der Waals surface area contributed by atoms with Crippen LogP contribution < -0.4 is 5.73 Å². The summed E-state index contributed by atoms with van der Waals surface area (Å²) in [5, 5.41) is 0. The van der Waals surface area contributed by atoms with Gasteiger partial charge in [-0.25, -0.2) is 4.39 Å². The first-order valence-electron chi connectivity index (χ1n) is 7.93. The Bertz CT molecular complexity index is 718. The smallest absolute Gasteiger partial charge is 0.254 e. The molecule has 0 saturated carbocycles. The number of nitrogens with two attached hydrogens (primary N) is 1. The molecule has 0 aliphatic carbocycles. The van der Waals surface area contributed by atoms with Gasteiger partial charge in [0, 0.05) is 24.3 Å². The average molecular weight is 349 g/mol. The molecule has 128 valence electrons. The number of rotatable bonds is 3. The molecule has 2 aromatic rings. The highest BCUT2D eigenvalue weighted by Gasteiger charge is 2.27. The largest absolute Gasteiger partial charge is 0.399 e. The van der Waals surface area contributed by atoms with E-state index >= 15 is 0 Å². The van der Waals surface area contributed by atoms with E-state index in [1.165, 1.54) is 12.1 Å². The van der Waals surface area contributed by atoms with Gasteiger partial charge in [0.1, 0.15) is 5.82 Å². The van der Waals surface area contributed by atoms with E-state index in [1.807, 2.05) is 36.1 Å². The average Bonchev–Trinajstić information content (AvgIpc) is 3.00. The number of nitrogens with zero attached hydrogens (tertiary/aromatic N) is 1. The van der Waals surface area contributed by atoms with E-state index in [9.17, 15) is 9.18 Å². The zero-order valence-electron chi connectivity index (χ0n) is 13.7. The van der Waals surface area contributed by atoms with Gasteiger partial charge in [0.2, 0.25) is 0 Å². The quantitative estimate of drug-likeness (QED) is 0.856. The van der Waals surface area contributed by atoms with Crippen LogP contribution in [0.3, 0.4) is 0 Å². The van der Waals surface area contributed by atoms with Crippen LogP contribution in [0.15, 0.2) is 42.5 Å². The highest BCUT2D eigenvalue weighted by molar-refractivity contribution is 5.96. The number of hydrogen-bond donors (Lipinski definition) is 1. The molecule has 0 bridgehead atoms. The number of benzene rings is 2. The van der Waals surface area contributed by atoms with Crippen molar-refractivity contribution in [3.8, 4) is 0 Å². The summed E-state index contributed by atoms with van der Waals surface area (Å²) in [6.07, 6.45) is 1.85. The Labute approximate surface area is 148 Å². The molecule has 2 N–H and O–H groups in total. The first kappa shape index (κ1) is 18.3. The molecule has 2 aromatic carbocycles. The van der Waals surface area contributed by atoms with Gasteiger partial charge < -0.3 is 10.6 Å². The van der Waals surface area contributed by atoms with E-state index in [2.05, 4.69) is 0 Å². The molecule has 1 fully saturated rings. The van der Waals surface area contributed by atoms with Gasteiger partial charge in [0.25, 0.3) is 5.91 Å². The van der Waals surface area contributed by atoms with Gasteiger partial charge in [0.15, 0.2) is 0 Å². The summed E-state index contributed by atoms with van der Waals surface area (Å²) < 4.78 is 13.0. The summed E-state index contributed by atoms with van der Waals surface area (Å²) in [4.78, 5) is 14.6. The molecule has 24 heavy (non-hydrogen) atoms. The number of anilines is 1. The number of amides is 1. The number of carbonyl (C=O) groups excluding carboxylic acids is 1. The molecule has 1 heterocycles. The molecule has 1 amide bonds. The van der Waals surface area contributed by atoms with Gasteiger partial charge >= 0.3 is 0 Å². The predicted octanol–water partition coefficient (Wildman–Crippen LogP) is 3.84. The van der Waals surface area contributed by atoms with Gasteiger partial charge in [-0.3, -0.25) is 4.79 Å².